The number of benzene rings is 2. The molecular formula is C20H21FN2O2. The second-order valence-corrected chi connectivity index (χ2v) is 6.48. The lowest BCUT2D eigenvalue weighted by Crippen LogP contribution is -2.38. The molecule has 3 rings (SSSR count). The van der Waals surface area contributed by atoms with Gasteiger partial charge in [0.2, 0.25) is 0 Å². The van der Waals surface area contributed by atoms with Crippen LogP contribution in [-0.4, -0.2) is 29.8 Å². The fourth-order valence-corrected chi connectivity index (χ4v) is 2.96. The summed E-state index contributed by atoms with van der Waals surface area (Å²) in [7, 11) is 0. The molecule has 1 saturated heterocycles. The number of amides is 2. The molecule has 0 radical (unpaired) electrons. The zero-order chi connectivity index (χ0) is 17.8. The summed E-state index contributed by atoms with van der Waals surface area (Å²) in [5.74, 6) is -0.196. The van der Waals surface area contributed by atoms with Gasteiger partial charge in [-0.25, -0.2) is 4.39 Å². The average Bonchev–Trinajstić information content (AvgIpc) is 2.63. The number of hydrogen-bond acceptors (Lipinski definition) is 2. The molecule has 0 atom stereocenters. The van der Waals surface area contributed by atoms with Crippen molar-refractivity contribution in [2.75, 3.05) is 18.4 Å². The smallest absolute Gasteiger partial charge is 0.255 e. The first-order chi connectivity index (χ1) is 12.0. The first-order valence-corrected chi connectivity index (χ1v) is 8.50. The molecular weight excluding hydrogens is 319 g/mol. The van der Waals surface area contributed by atoms with Crippen LogP contribution in [0.5, 0.6) is 0 Å². The van der Waals surface area contributed by atoms with Crippen LogP contribution in [0.3, 0.4) is 0 Å². The monoisotopic (exact) mass is 340 g/mol. The van der Waals surface area contributed by atoms with Crippen molar-refractivity contribution in [3.63, 3.8) is 0 Å². The van der Waals surface area contributed by atoms with E-state index in [9.17, 15) is 14.0 Å². The first kappa shape index (κ1) is 17.1. The summed E-state index contributed by atoms with van der Waals surface area (Å²) in [5, 5.41) is 2.77. The minimum atomic E-state index is -0.397. The molecule has 5 heteroatoms. The van der Waals surface area contributed by atoms with Gasteiger partial charge in [0, 0.05) is 18.7 Å². The van der Waals surface area contributed by atoms with Crippen LogP contribution in [0.15, 0.2) is 48.5 Å². The van der Waals surface area contributed by atoms with E-state index < -0.39 is 5.82 Å². The second-order valence-electron chi connectivity index (χ2n) is 6.48. The number of carbonyl (C=O) groups is 2. The predicted octanol–water partition coefficient (Wildman–Crippen LogP) is 3.95. The molecule has 0 spiro atoms. The first-order valence-electron chi connectivity index (χ1n) is 8.50. The normalized spacial score (nSPS) is 15.0. The summed E-state index contributed by atoms with van der Waals surface area (Å²) in [6, 6.07) is 12.3. The number of hydrogen-bond donors (Lipinski definition) is 1. The molecule has 0 aromatic heterocycles. The Morgan fingerprint density at radius 2 is 1.68 bits per heavy atom. The molecule has 1 aliphatic rings. The Kier molecular flexibility index (Phi) is 5.12. The van der Waals surface area contributed by atoms with Crippen molar-refractivity contribution < 1.29 is 14.0 Å². The van der Waals surface area contributed by atoms with Gasteiger partial charge in [0.1, 0.15) is 5.82 Å². The van der Waals surface area contributed by atoms with E-state index >= 15 is 0 Å². The summed E-state index contributed by atoms with van der Waals surface area (Å²) >= 11 is 0. The van der Waals surface area contributed by atoms with Crippen LogP contribution < -0.4 is 5.32 Å². The molecule has 0 bridgehead atoms. The Morgan fingerprint density at radius 3 is 2.36 bits per heavy atom. The Bertz CT molecular complexity index is 766. The Hall–Kier alpha value is -2.69. The van der Waals surface area contributed by atoms with Crippen molar-refractivity contribution in [1.82, 2.24) is 4.90 Å². The zero-order valence-corrected chi connectivity index (χ0v) is 14.2. The van der Waals surface area contributed by atoms with E-state index in [-0.39, 0.29) is 11.8 Å². The molecule has 0 aliphatic carbocycles. The number of rotatable bonds is 3. The fourth-order valence-electron chi connectivity index (χ4n) is 2.96. The van der Waals surface area contributed by atoms with E-state index in [4.69, 9.17) is 0 Å². The van der Waals surface area contributed by atoms with E-state index in [1.165, 1.54) is 24.3 Å². The maximum absolute atomic E-state index is 13.0. The standard InChI is InChI=1S/C20H21FN2O2/c1-14-10-12-23(13-11-14)20(25)17-4-2-3-5-18(17)22-19(24)15-6-8-16(21)9-7-15/h2-9,14H,10-13H2,1H3,(H,22,24). The molecule has 130 valence electrons. The highest BCUT2D eigenvalue weighted by atomic mass is 19.1. The van der Waals surface area contributed by atoms with E-state index in [1.54, 1.807) is 24.3 Å². The number of anilines is 1. The van der Waals surface area contributed by atoms with Crippen molar-refractivity contribution in [3.05, 3.63) is 65.5 Å². The topological polar surface area (TPSA) is 49.4 Å². The number of para-hydroxylation sites is 1. The molecule has 1 N–H and O–H groups in total. The highest BCUT2D eigenvalue weighted by Gasteiger charge is 2.23. The van der Waals surface area contributed by atoms with Gasteiger partial charge in [0.15, 0.2) is 0 Å². The third-order valence-electron chi connectivity index (χ3n) is 4.58. The molecule has 2 aromatic rings. The van der Waals surface area contributed by atoms with Gasteiger partial charge >= 0.3 is 0 Å². The fraction of sp³-hybridized carbons (Fsp3) is 0.300. The summed E-state index contributed by atoms with van der Waals surface area (Å²) in [6.07, 6.45) is 1.99. The van der Waals surface area contributed by atoms with Crippen molar-refractivity contribution in [1.29, 1.82) is 0 Å². The number of nitrogens with one attached hydrogen (secondary N) is 1. The Morgan fingerprint density at radius 1 is 1.04 bits per heavy atom. The van der Waals surface area contributed by atoms with Crippen LogP contribution in [0.1, 0.15) is 40.5 Å². The second kappa shape index (κ2) is 7.47. The average molecular weight is 340 g/mol. The van der Waals surface area contributed by atoms with Crippen molar-refractivity contribution >= 4 is 17.5 Å². The van der Waals surface area contributed by atoms with Gasteiger partial charge in [-0.3, -0.25) is 9.59 Å². The molecule has 4 nitrogen and oxygen atoms in total. The highest BCUT2D eigenvalue weighted by molar-refractivity contribution is 6.09. The maximum Gasteiger partial charge on any atom is 0.255 e. The summed E-state index contributed by atoms with van der Waals surface area (Å²) in [6.45, 7) is 3.67. The van der Waals surface area contributed by atoms with Gasteiger partial charge in [-0.15, -0.1) is 0 Å². The summed E-state index contributed by atoms with van der Waals surface area (Å²) in [5.41, 5.74) is 1.29. The number of carbonyl (C=O) groups excluding carboxylic acids is 2. The van der Waals surface area contributed by atoms with Crippen LogP contribution in [0.25, 0.3) is 0 Å². The number of likely N-dealkylation sites (tertiary alicyclic amines) is 1. The van der Waals surface area contributed by atoms with Crippen LogP contribution in [0, 0.1) is 11.7 Å². The zero-order valence-electron chi connectivity index (χ0n) is 14.2. The minimum Gasteiger partial charge on any atom is -0.339 e. The maximum atomic E-state index is 13.0. The molecule has 0 saturated carbocycles. The van der Waals surface area contributed by atoms with Gasteiger partial charge in [-0.1, -0.05) is 19.1 Å². The third-order valence-corrected chi connectivity index (χ3v) is 4.58. The van der Waals surface area contributed by atoms with Crippen LogP contribution in [0.2, 0.25) is 0 Å². The third kappa shape index (κ3) is 4.05. The lowest BCUT2D eigenvalue weighted by molar-refractivity contribution is 0.0698. The van der Waals surface area contributed by atoms with Crippen molar-refractivity contribution in [3.8, 4) is 0 Å². The predicted molar refractivity (Wildman–Crippen MR) is 95.1 cm³/mol. The highest BCUT2D eigenvalue weighted by Crippen LogP contribution is 2.22. The van der Waals surface area contributed by atoms with E-state index in [1.807, 2.05) is 4.90 Å². The minimum absolute atomic E-state index is 0.0677. The van der Waals surface area contributed by atoms with Crippen molar-refractivity contribution in [2.45, 2.75) is 19.8 Å². The summed E-state index contributed by atoms with van der Waals surface area (Å²) < 4.78 is 13.0. The lowest BCUT2D eigenvalue weighted by atomic mass is 9.98. The van der Waals surface area contributed by atoms with E-state index in [0.717, 1.165) is 25.9 Å². The van der Waals surface area contributed by atoms with Crippen LogP contribution >= 0.6 is 0 Å². The van der Waals surface area contributed by atoms with Gasteiger partial charge < -0.3 is 10.2 Å². The van der Waals surface area contributed by atoms with Crippen molar-refractivity contribution in [2.24, 2.45) is 5.92 Å². The summed E-state index contributed by atoms with van der Waals surface area (Å²) in [4.78, 5) is 27.0. The van der Waals surface area contributed by atoms with Gasteiger partial charge in [-0.2, -0.15) is 0 Å². The van der Waals surface area contributed by atoms with Crippen LogP contribution in [-0.2, 0) is 0 Å². The van der Waals surface area contributed by atoms with Crippen LogP contribution in [0.4, 0.5) is 10.1 Å². The van der Waals surface area contributed by atoms with Gasteiger partial charge in [0.25, 0.3) is 11.8 Å². The molecule has 1 fully saturated rings. The molecule has 0 unspecified atom stereocenters. The number of halogens is 1. The Balaban J connectivity index is 1.77. The Labute approximate surface area is 146 Å². The molecule has 1 aliphatic heterocycles. The van der Waals surface area contributed by atoms with E-state index in [2.05, 4.69) is 12.2 Å². The van der Waals surface area contributed by atoms with Gasteiger partial charge in [0.05, 0.1) is 11.3 Å². The largest absolute Gasteiger partial charge is 0.339 e. The van der Waals surface area contributed by atoms with Gasteiger partial charge in [-0.05, 0) is 55.2 Å². The SMILES string of the molecule is CC1CCN(C(=O)c2ccccc2NC(=O)c2ccc(F)cc2)CC1. The van der Waals surface area contributed by atoms with E-state index in [0.29, 0.717) is 22.7 Å². The lowest BCUT2D eigenvalue weighted by Gasteiger charge is -2.30. The molecule has 25 heavy (non-hydrogen) atoms. The molecule has 2 amide bonds. The number of nitrogens with zero attached hydrogens (tertiary/aromatic N) is 1. The quantitative estimate of drug-likeness (QED) is 0.920. The molecule has 1 heterocycles. The number of piperidine rings is 1. The molecule has 2 aromatic carbocycles.